The molecule has 0 amide bonds. The number of nitrogens with zero attached hydrogens (tertiary/aromatic N) is 3. The first-order chi connectivity index (χ1) is 18.3. The van der Waals surface area contributed by atoms with Gasteiger partial charge in [0.15, 0.2) is 0 Å². The Morgan fingerprint density at radius 2 is 1.62 bits per heavy atom. The molecule has 4 aromatic rings. The Hall–Kier alpha value is -3.23. The lowest BCUT2D eigenvalue weighted by molar-refractivity contribution is 0.0342. The smallest absolute Gasteiger partial charge is 0.229 e. The molecule has 0 atom stereocenters. The van der Waals surface area contributed by atoms with Crippen molar-refractivity contribution in [2.45, 2.75) is 6.54 Å². The van der Waals surface area contributed by atoms with Gasteiger partial charge in [-0.1, -0.05) is 54.6 Å². The quantitative estimate of drug-likeness (QED) is 0.376. The van der Waals surface area contributed by atoms with Gasteiger partial charge < -0.3 is 19.8 Å². The largest absolute Gasteiger partial charge is 0.437 e. The van der Waals surface area contributed by atoms with Crippen molar-refractivity contribution >= 4 is 16.8 Å². The van der Waals surface area contributed by atoms with Gasteiger partial charge in [-0.25, -0.2) is 4.98 Å². The molecule has 0 saturated carbocycles. The van der Waals surface area contributed by atoms with Crippen molar-refractivity contribution in [2.24, 2.45) is 0 Å². The predicted octanol–water partition coefficient (Wildman–Crippen LogP) is 4.31. The van der Waals surface area contributed by atoms with Crippen LogP contribution in [0.15, 0.2) is 71.3 Å². The summed E-state index contributed by atoms with van der Waals surface area (Å²) in [6, 6.07) is 21.4. The zero-order chi connectivity index (χ0) is 24.9. The molecule has 0 bridgehead atoms. The summed E-state index contributed by atoms with van der Waals surface area (Å²) in [6.45, 7) is 10.8. The highest BCUT2D eigenvalue weighted by molar-refractivity contribution is 6.06. The fourth-order valence-corrected chi connectivity index (χ4v) is 5.32. The summed E-state index contributed by atoms with van der Waals surface area (Å²) in [5.41, 5.74) is 6.32. The van der Waals surface area contributed by atoms with E-state index in [-0.39, 0.29) is 0 Å². The Bertz CT molecular complexity index is 1290. The van der Waals surface area contributed by atoms with E-state index in [4.69, 9.17) is 9.15 Å². The van der Waals surface area contributed by atoms with Crippen LogP contribution in [-0.4, -0.2) is 80.4 Å². The van der Waals surface area contributed by atoms with Crippen molar-refractivity contribution in [3.8, 4) is 22.5 Å². The summed E-state index contributed by atoms with van der Waals surface area (Å²) in [4.78, 5) is 9.56. The Balaban J connectivity index is 1.31. The lowest BCUT2D eigenvalue weighted by Gasteiger charge is -2.27. The SMILES string of the molecule is c1ccc(-c2c(-c3ccc(CN4CCOCC4)cc3)oc3nccc(NCCN4CCNCC4)c23)cc1. The first-order valence-corrected chi connectivity index (χ1v) is 13.4. The van der Waals surface area contributed by atoms with Gasteiger partial charge in [0.1, 0.15) is 5.76 Å². The van der Waals surface area contributed by atoms with E-state index in [1.54, 1.807) is 0 Å². The second-order valence-electron chi connectivity index (χ2n) is 9.81. The van der Waals surface area contributed by atoms with Gasteiger partial charge >= 0.3 is 0 Å². The van der Waals surface area contributed by atoms with Crippen LogP contribution < -0.4 is 10.6 Å². The van der Waals surface area contributed by atoms with Gasteiger partial charge in [0, 0.05) is 81.9 Å². The topological polar surface area (TPSA) is 65.8 Å². The maximum Gasteiger partial charge on any atom is 0.229 e. The number of anilines is 1. The number of pyridine rings is 1. The summed E-state index contributed by atoms with van der Waals surface area (Å²) in [5, 5.41) is 8.15. The maximum atomic E-state index is 6.47. The predicted molar refractivity (Wildman–Crippen MR) is 149 cm³/mol. The molecule has 192 valence electrons. The van der Waals surface area contributed by atoms with E-state index in [2.05, 4.69) is 86.1 Å². The summed E-state index contributed by atoms with van der Waals surface area (Å²) in [6.07, 6.45) is 1.84. The molecule has 6 rings (SSSR count). The van der Waals surface area contributed by atoms with E-state index in [9.17, 15) is 0 Å². The molecule has 2 saturated heterocycles. The molecule has 2 N–H and O–H groups in total. The van der Waals surface area contributed by atoms with Crippen molar-refractivity contribution in [1.29, 1.82) is 0 Å². The summed E-state index contributed by atoms with van der Waals surface area (Å²) < 4.78 is 12.0. The van der Waals surface area contributed by atoms with Crippen LogP contribution in [0.3, 0.4) is 0 Å². The Morgan fingerprint density at radius 3 is 2.41 bits per heavy atom. The third kappa shape index (κ3) is 5.55. The number of aromatic nitrogens is 1. The zero-order valence-electron chi connectivity index (χ0n) is 21.3. The van der Waals surface area contributed by atoms with E-state index in [0.29, 0.717) is 5.71 Å². The Labute approximate surface area is 218 Å². The molecule has 0 aliphatic carbocycles. The molecule has 2 aromatic carbocycles. The summed E-state index contributed by atoms with van der Waals surface area (Å²) >= 11 is 0. The second-order valence-corrected chi connectivity index (χ2v) is 9.81. The van der Waals surface area contributed by atoms with Gasteiger partial charge in [-0.15, -0.1) is 0 Å². The number of furan rings is 1. The number of morpholine rings is 1. The molecule has 0 spiro atoms. The first kappa shape index (κ1) is 24.1. The molecule has 7 nitrogen and oxygen atoms in total. The van der Waals surface area contributed by atoms with Crippen LogP contribution in [0.1, 0.15) is 5.56 Å². The number of piperazine rings is 1. The Morgan fingerprint density at radius 1 is 0.838 bits per heavy atom. The third-order valence-corrected chi connectivity index (χ3v) is 7.33. The van der Waals surface area contributed by atoms with Crippen molar-refractivity contribution in [1.82, 2.24) is 20.1 Å². The average molecular weight is 498 g/mol. The van der Waals surface area contributed by atoms with E-state index in [1.807, 2.05) is 6.20 Å². The zero-order valence-corrected chi connectivity index (χ0v) is 21.3. The number of hydrogen-bond donors (Lipinski definition) is 2. The molecular formula is C30H35N5O2. The fraction of sp³-hybridized carbons (Fsp3) is 0.367. The van der Waals surface area contributed by atoms with Crippen LogP contribution in [0, 0.1) is 0 Å². The fourth-order valence-electron chi connectivity index (χ4n) is 5.32. The number of rotatable bonds is 8. The lowest BCUT2D eigenvalue weighted by Crippen LogP contribution is -2.45. The standard InChI is InChI=1S/C30H35N5O2/c1-2-4-24(5-3-1)27-28-26(32-14-17-34-15-12-31-13-16-34)10-11-33-30(28)37-29(27)25-8-6-23(7-9-25)22-35-18-20-36-21-19-35/h1-11,31H,12-22H2,(H,32,33). The monoisotopic (exact) mass is 497 g/mol. The molecule has 0 unspecified atom stereocenters. The Kier molecular flexibility index (Phi) is 7.46. The van der Waals surface area contributed by atoms with Gasteiger partial charge in [0.2, 0.25) is 5.71 Å². The maximum absolute atomic E-state index is 6.47. The second kappa shape index (κ2) is 11.4. The van der Waals surface area contributed by atoms with Crippen molar-refractivity contribution in [2.75, 3.05) is 70.9 Å². The minimum atomic E-state index is 0.665. The van der Waals surface area contributed by atoms with E-state index in [0.717, 1.165) is 106 Å². The first-order valence-electron chi connectivity index (χ1n) is 13.4. The van der Waals surface area contributed by atoms with E-state index in [1.165, 1.54) is 5.56 Å². The number of hydrogen-bond acceptors (Lipinski definition) is 7. The number of benzene rings is 2. The van der Waals surface area contributed by atoms with Gasteiger partial charge in [-0.05, 0) is 17.2 Å². The highest BCUT2D eigenvalue weighted by Crippen LogP contribution is 2.43. The molecule has 2 aliphatic heterocycles. The van der Waals surface area contributed by atoms with Crippen LogP contribution in [0.2, 0.25) is 0 Å². The molecule has 7 heteroatoms. The van der Waals surface area contributed by atoms with E-state index < -0.39 is 0 Å². The molecular weight excluding hydrogens is 462 g/mol. The van der Waals surface area contributed by atoms with Crippen molar-refractivity contribution < 1.29 is 9.15 Å². The number of fused-ring (bicyclic) bond motifs is 1. The minimum absolute atomic E-state index is 0.665. The summed E-state index contributed by atoms with van der Waals surface area (Å²) in [7, 11) is 0. The van der Waals surface area contributed by atoms with Crippen LogP contribution >= 0.6 is 0 Å². The van der Waals surface area contributed by atoms with Gasteiger partial charge in [-0.2, -0.15) is 0 Å². The number of ether oxygens (including phenoxy) is 1. The van der Waals surface area contributed by atoms with Gasteiger partial charge in [0.25, 0.3) is 0 Å². The molecule has 2 aliphatic rings. The van der Waals surface area contributed by atoms with E-state index >= 15 is 0 Å². The van der Waals surface area contributed by atoms with Crippen molar-refractivity contribution in [3.05, 3.63) is 72.4 Å². The van der Waals surface area contributed by atoms with Gasteiger partial charge in [-0.3, -0.25) is 9.80 Å². The summed E-state index contributed by atoms with van der Waals surface area (Å²) in [5.74, 6) is 0.864. The molecule has 2 fully saturated rings. The molecule has 2 aromatic heterocycles. The molecule has 0 radical (unpaired) electrons. The van der Waals surface area contributed by atoms with Gasteiger partial charge in [0.05, 0.1) is 18.6 Å². The highest BCUT2D eigenvalue weighted by atomic mass is 16.5. The van der Waals surface area contributed by atoms with Crippen LogP contribution in [0.25, 0.3) is 33.6 Å². The lowest BCUT2D eigenvalue weighted by atomic mass is 9.98. The highest BCUT2D eigenvalue weighted by Gasteiger charge is 2.21. The normalized spacial score (nSPS) is 17.3. The van der Waals surface area contributed by atoms with Crippen molar-refractivity contribution in [3.63, 3.8) is 0 Å². The molecule has 4 heterocycles. The number of nitrogens with one attached hydrogen (secondary N) is 2. The molecule has 37 heavy (non-hydrogen) atoms. The van der Waals surface area contributed by atoms with Crippen LogP contribution in [0.4, 0.5) is 5.69 Å². The minimum Gasteiger partial charge on any atom is -0.437 e. The average Bonchev–Trinajstić information content (AvgIpc) is 3.36. The third-order valence-electron chi connectivity index (χ3n) is 7.33. The van der Waals surface area contributed by atoms with Crippen LogP contribution in [0.5, 0.6) is 0 Å². The van der Waals surface area contributed by atoms with Crippen LogP contribution in [-0.2, 0) is 11.3 Å².